The Morgan fingerprint density at radius 3 is 2.79 bits per heavy atom. The van der Waals surface area contributed by atoms with Crippen LogP contribution in [0.1, 0.15) is 6.92 Å². The fraction of sp³-hybridized carbons (Fsp3) is 0.222. The van der Waals surface area contributed by atoms with Gasteiger partial charge in [-0.2, -0.15) is 0 Å². The normalized spacial score (nSPS) is 13.7. The first-order valence-corrected chi connectivity index (χ1v) is 4.93. The molecule has 0 aliphatic heterocycles. The highest BCUT2D eigenvalue weighted by Crippen LogP contribution is 2.21. The van der Waals surface area contributed by atoms with Crippen molar-refractivity contribution < 1.29 is 5.21 Å². The summed E-state index contributed by atoms with van der Waals surface area (Å²) in [7, 11) is 0. The number of oxime groups is 1. The van der Waals surface area contributed by atoms with Crippen LogP contribution >= 0.6 is 15.9 Å². The van der Waals surface area contributed by atoms with E-state index in [1.807, 2.05) is 31.2 Å². The zero-order valence-electron chi connectivity index (χ0n) is 7.74. The van der Waals surface area contributed by atoms with Crippen LogP contribution in [-0.4, -0.2) is 17.1 Å². The summed E-state index contributed by atoms with van der Waals surface area (Å²) in [6.45, 7) is 1.81. The van der Waals surface area contributed by atoms with E-state index in [4.69, 9.17) is 10.9 Å². The van der Waals surface area contributed by atoms with E-state index in [9.17, 15) is 0 Å². The molecule has 0 fully saturated rings. The number of halogens is 1. The van der Waals surface area contributed by atoms with Gasteiger partial charge in [0.05, 0.1) is 6.04 Å². The Balaban J connectivity index is 2.74. The summed E-state index contributed by atoms with van der Waals surface area (Å²) in [5, 5.41) is 14.5. The number of nitrogens with zero attached hydrogens (tertiary/aromatic N) is 1. The monoisotopic (exact) mass is 257 g/mol. The van der Waals surface area contributed by atoms with E-state index in [2.05, 4.69) is 26.4 Å². The third-order valence-corrected chi connectivity index (χ3v) is 2.50. The molecule has 0 bridgehead atoms. The Morgan fingerprint density at radius 2 is 2.21 bits per heavy atom. The molecule has 0 saturated carbocycles. The van der Waals surface area contributed by atoms with Crippen molar-refractivity contribution in [3.8, 4) is 0 Å². The fourth-order valence-electron chi connectivity index (χ4n) is 0.972. The summed E-state index contributed by atoms with van der Waals surface area (Å²) in [5.41, 5.74) is 6.35. The molecule has 4 N–H and O–H groups in total. The van der Waals surface area contributed by atoms with E-state index >= 15 is 0 Å². The molecule has 0 radical (unpaired) electrons. The molecule has 0 aliphatic rings. The van der Waals surface area contributed by atoms with Crippen LogP contribution < -0.4 is 11.1 Å². The maximum Gasteiger partial charge on any atom is 0.161 e. The summed E-state index contributed by atoms with van der Waals surface area (Å²) in [5.74, 6) is 0.153. The largest absolute Gasteiger partial charge is 0.409 e. The number of benzene rings is 1. The van der Waals surface area contributed by atoms with Gasteiger partial charge in [-0.25, -0.2) is 0 Å². The molecule has 0 aromatic heterocycles. The summed E-state index contributed by atoms with van der Waals surface area (Å²) < 4.78 is 0.942. The van der Waals surface area contributed by atoms with Crippen LogP contribution in [0.5, 0.6) is 0 Å². The van der Waals surface area contributed by atoms with Gasteiger partial charge in [0, 0.05) is 10.2 Å². The minimum Gasteiger partial charge on any atom is -0.409 e. The molecular weight excluding hydrogens is 246 g/mol. The van der Waals surface area contributed by atoms with E-state index in [-0.39, 0.29) is 11.9 Å². The molecule has 0 aliphatic carbocycles. The average molecular weight is 258 g/mol. The maximum atomic E-state index is 8.46. The molecule has 1 aromatic carbocycles. The first-order chi connectivity index (χ1) is 6.65. The molecule has 0 heterocycles. The Labute approximate surface area is 90.9 Å². The average Bonchev–Trinajstić information content (AvgIpc) is 2.20. The van der Waals surface area contributed by atoms with E-state index in [0.717, 1.165) is 10.2 Å². The van der Waals surface area contributed by atoms with Gasteiger partial charge in [0.15, 0.2) is 5.84 Å². The predicted octanol–water partition coefficient (Wildman–Crippen LogP) is 2.00. The number of nitrogens with two attached hydrogens (primary N) is 1. The van der Waals surface area contributed by atoms with Crippen LogP contribution in [0.3, 0.4) is 0 Å². The van der Waals surface area contributed by atoms with Crippen LogP contribution in [-0.2, 0) is 0 Å². The number of amidine groups is 1. The maximum absolute atomic E-state index is 8.46. The summed E-state index contributed by atoms with van der Waals surface area (Å²) in [6.07, 6.45) is 0. The molecule has 5 heteroatoms. The zero-order valence-corrected chi connectivity index (χ0v) is 9.32. The van der Waals surface area contributed by atoms with Crippen molar-refractivity contribution in [1.29, 1.82) is 0 Å². The van der Waals surface area contributed by atoms with Gasteiger partial charge in [-0.1, -0.05) is 17.3 Å². The van der Waals surface area contributed by atoms with Crippen LogP contribution in [0.4, 0.5) is 5.69 Å². The van der Waals surface area contributed by atoms with E-state index in [0.29, 0.717) is 0 Å². The second-order valence-corrected chi connectivity index (χ2v) is 3.73. The Hall–Kier alpha value is -1.23. The smallest absolute Gasteiger partial charge is 0.161 e. The van der Waals surface area contributed by atoms with Crippen LogP contribution in [0.15, 0.2) is 33.9 Å². The summed E-state index contributed by atoms with van der Waals surface area (Å²) in [4.78, 5) is 0. The Morgan fingerprint density at radius 1 is 1.57 bits per heavy atom. The number of nitrogens with one attached hydrogen (secondary N) is 1. The second kappa shape index (κ2) is 4.85. The highest BCUT2D eigenvalue weighted by molar-refractivity contribution is 9.10. The van der Waals surface area contributed by atoms with E-state index in [1.165, 1.54) is 0 Å². The van der Waals surface area contributed by atoms with Crippen molar-refractivity contribution in [3.05, 3.63) is 28.7 Å². The van der Waals surface area contributed by atoms with Crippen molar-refractivity contribution in [3.63, 3.8) is 0 Å². The van der Waals surface area contributed by atoms with Crippen molar-refractivity contribution in [2.24, 2.45) is 10.9 Å². The van der Waals surface area contributed by atoms with E-state index in [1.54, 1.807) is 0 Å². The van der Waals surface area contributed by atoms with Crippen LogP contribution in [0.2, 0.25) is 0 Å². The molecule has 0 amide bonds. The second-order valence-electron chi connectivity index (χ2n) is 2.87. The van der Waals surface area contributed by atoms with Gasteiger partial charge in [0.2, 0.25) is 0 Å². The quantitative estimate of drug-likeness (QED) is 0.336. The van der Waals surface area contributed by atoms with Crippen molar-refractivity contribution in [2.75, 3.05) is 5.32 Å². The molecule has 0 saturated heterocycles. The molecule has 76 valence electrons. The molecule has 1 unspecified atom stereocenters. The van der Waals surface area contributed by atoms with Gasteiger partial charge in [-0.3, -0.25) is 0 Å². The van der Waals surface area contributed by atoms with Crippen LogP contribution in [0.25, 0.3) is 0 Å². The summed E-state index contributed by atoms with van der Waals surface area (Å²) >= 11 is 3.39. The highest BCUT2D eigenvalue weighted by Gasteiger charge is 2.08. The minimum atomic E-state index is -0.210. The molecule has 1 aromatic rings. The van der Waals surface area contributed by atoms with Crippen molar-refractivity contribution >= 4 is 27.5 Å². The number of hydrogen-bond donors (Lipinski definition) is 3. The van der Waals surface area contributed by atoms with Gasteiger partial charge < -0.3 is 16.3 Å². The molecular formula is C9H12BrN3O. The minimum absolute atomic E-state index is 0.153. The Bertz CT molecular complexity index is 341. The van der Waals surface area contributed by atoms with Gasteiger partial charge in [0.1, 0.15) is 0 Å². The molecule has 4 nitrogen and oxygen atoms in total. The fourth-order valence-corrected chi connectivity index (χ4v) is 1.37. The lowest BCUT2D eigenvalue weighted by Gasteiger charge is -2.14. The lowest BCUT2D eigenvalue weighted by molar-refractivity contribution is 0.316. The number of para-hydroxylation sites is 1. The number of rotatable bonds is 3. The van der Waals surface area contributed by atoms with Gasteiger partial charge >= 0.3 is 0 Å². The third kappa shape index (κ3) is 2.63. The van der Waals surface area contributed by atoms with Crippen molar-refractivity contribution in [2.45, 2.75) is 13.0 Å². The highest BCUT2D eigenvalue weighted by atomic mass is 79.9. The number of hydrogen-bond acceptors (Lipinski definition) is 3. The topological polar surface area (TPSA) is 70.6 Å². The first kappa shape index (κ1) is 10.8. The molecule has 1 atom stereocenters. The predicted molar refractivity (Wildman–Crippen MR) is 60.6 cm³/mol. The van der Waals surface area contributed by atoms with E-state index < -0.39 is 0 Å². The van der Waals surface area contributed by atoms with Gasteiger partial charge in [-0.15, -0.1) is 0 Å². The van der Waals surface area contributed by atoms with Gasteiger partial charge in [0.25, 0.3) is 0 Å². The van der Waals surface area contributed by atoms with Gasteiger partial charge in [-0.05, 0) is 35.0 Å². The zero-order chi connectivity index (χ0) is 10.6. The molecule has 1 rings (SSSR count). The standard InChI is InChI=1S/C9H12BrN3O/c1-6(9(11)13-14)12-8-5-3-2-4-7(8)10/h2-6,12,14H,1H3,(H2,11,13). The third-order valence-electron chi connectivity index (χ3n) is 1.80. The Kier molecular flexibility index (Phi) is 3.76. The first-order valence-electron chi connectivity index (χ1n) is 4.13. The lowest BCUT2D eigenvalue weighted by atomic mass is 10.2. The molecule has 0 spiro atoms. The summed E-state index contributed by atoms with van der Waals surface area (Å²) in [6, 6.07) is 7.45. The van der Waals surface area contributed by atoms with Crippen LogP contribution in [0, 0.1) is 0 Å². The SMILES string of the molecule is CC(Nc1ccccc1Br)C(N)=NO. The molecule has 14 heavy (non-hydrogen) atoms. The lowest BCUT2D eigenvalue weighted by Crippen LogP contribution is -2.32. The van der Waals surface area contributed by atoms with Crippen molar-refractivity contribution in [1.82, 2.24) is 0 Å². The number of anilines is 1.